The Morgan fingerprint density at radius 3 is 2.36 bits per heavy atom. The summed E-state index contributed by atoms with van der Waals surface area (Å²) in [4.78, 5) is 16.1. The van der Waals surface area contributed by atoms with E-state index in [4.69, 9.17) is 9.88 Å². The molecule has 0 heterocycles. The molecule has 0 spiro atoms. The molecule has 0 unspecified atom stereocenters. The summed E-state index contributed by atoms with van der Waals surface area (Å²) < 4.78 is 28.2. The number of primary sulfonamides is 1. The third-order valence-corrected chi connectivity index (χ3v) is 4.36. The Morgan fingerprint density at radius 2 is 1.82 bits per heavy atom. The largest absolute Gasteiger partial charge is 0.444 e. The van der Waals surface area contributed by atoms with Gasteiger partial charge >= 0.3 is 6.09 Å². The Balaban J connectivity index is 2.60. The van der Waals surface area contributed by atoms with E-state index < -0.39 is 27.3 Å². The number of carbonyl (C=O) groups is 1. The first-order chi connectivity index (χ1) is 12.7. The van der Waals surface area contributed by atoms with E-state index in [2.05, 4.69) is 20.9 Å². The number of amides is 1. The summed E-state index contributed by atoms with van der Waals surface area (Å²) in [5, 5.41) is 14.2. The van der Waals surface area contributed by atoms with Gasteiger partial charge in [-0.25, -0.2) is 18.4 Å². The second kappa shape index (κ2) is 9.24. The highest BCUT2D eigenvalue weighted by atomic mass is 32.2. The van der Waals surface area contributed by atoms with Gasteiger partial charge in [-0.05, 0) is 52.3 Å². The molecule has 0 saturated carbocycles. The number of hydrogen-bond donors (Lipinski definition) is 4. The van der Waals surface area contributed by atoms with Crippen molar-refractivity contribution in [2.45, 2.75) is 57.2 Å². The number of nitrogens with one attached hydrogen (secondary N) is 3. The lowest BCUT2D eigenvalue weighted by molar-refractivity contribution is 0.0474. The number of nitrogens with two attached hydrogens (primary N) is 1. The highest BCUT2D eigenvalue weighted by Crippen LogP contribution is 2.10. The van der Waals surface area contributed by atoms with Crippen molar-refractivity contribution >= 4 is 22.1 Å². The average molecular weight is 414 g/mol. The zero-order valence-corrected chi connectivity index (χ0v) is 18.1. The normalized spacial score (nSPS) is 13.0. The number of sulfonamides is 1. The maximum absolute atomic E-state index is 11.9. The molecule has 0 aliphatic carbocycles. The van der Waals surface area contributed by atoms with Crippen LogP contribution in [0.15, 0.2) is 34.2 Å². The number of nitrogens with zero attached hydrogens (tertiary/aromatic N) is 1. The molecule has 10 heteroatoms. The molecule has 5 N–H and O–H groups in total. The van der Waals surface area contributed by atoms with E-state index in [0.29, 0.717) is 19.0 Å². The molecule has 0 aliphatic rings. The number of benzene rings is 1. The van der Waals surface area contributed by atoms with Crippen LogP contribution in [-0.4, -0.2) is 45.2 Å². The molecule has 1 amide bonds. The summed E-state index contributed by atoms with van der Waals surface area (Å²) in [6, 6.07) is 6.35. The van der Waals surface area contributed by atoms with E-state index in [1.807, 2.05) is 13.8 Å². The van der Waals surface area contributed by atoms with Crippen LogP contribution in [0.3, 0.4) is 0 Å². The van der Waals surface area contributed by atoms with Crippen molar-refractivity contribution in [1.29, 1.82) is 0 Å². The quantitative estimate of drug-likeness (QED) is 0.410. The summed E-state index contributed by atoms with van der Waals surface area (Å²) in [6.07, 6.45) is -0.498. The fourth-order valence-corrected chi connectivity index (χ4v) is 2.75. The molecule has 0 aliphatic heterocycles. The van der Waals surface area contributed by atoms with Crippen LogP contribution < -0.4 is 21.1 Å². The first-order valence-electron chi connectivity index (χ1n) is 8.79. The maximum Gasteiger partial charge on any atom is 0.408 e. The highest BCUT2D eigenvalue weighted by Gasteiger charge is 2.24. The number of rotatable bonds is 6. The molecule has 0 fully saturated rings. The van der Waals surface area contributed by atoms with Crippen molar-refractivity contribution in [3.63, 3.8) is 0 Å². The first-order valence-corrected chi connectivity index (χ1v) is 10.3. The van der Waals surface area contributed by atoms with E-state index in [9.17, 15) is 13.2 Å². The second-order valence-electron chi connectivity index (χ2n) is 7.98. The van der Waals surface area contributed by atoms with Gasteiger partial charge < -0.3 is 20.7 Å². The van der Waals surface area contributed by atoms with Crippen LogP contribution in [0, 0.1) is 0 Å². The van der Waals surface area contributed by atoms with E-state index in [0.717, 1.165) is 5.56 Å². The lowest BCUT2D eigenvalue weighted by atomic mass is 10.1. The zero-order valence-electron chi connectivity index (χ0n) is 17.3. The van der Waals surface area contributed by atoms with Gasteiger partial charge in [0.2, 0.25) is 10.0 Å². The second-order valence-corrected chi connectivity index (χ2v) is 9.54. The average Bonchev–Trinajstić information content (AvgIpc) is 2.52. The van der Waals surface area contributed by atoms with Crippen LogP contribution >= 0.6 is 0 Å². The van der Waals surface area contributed by atoms with Crippen LogP contribution in [0.5, 0.6) is 0 Å². The molecule has 9 nitrogen and oxygen atoms in total. The molecular formula is C18H31N5O4S. The molecule has 0 radical (unpaired) electrons. The van der Waals surface area contributed by atoms with E-state index in [1.54, 1.807) is 40.0 Å². The third kappa shape index (κ3) is 9.05. The topological polar surface area (TPSA) is 135 Å². The van der Waals surface area contributed by atoms with Gasteiger partial charge in [-0.3, -0.25) is 4.99 Å². The Morgan fingerprint density at radius 1 is 1.18 bits per heavy atom. The first kappa shape index (κ1) is 23.7. The molecule has 0 atom stereocenters. The minimum absolute atomic E-state index is 0.0532. The van der Waals surface area contributed by atoms with Gasteiger partial charge in [0, 0.05) is 20.1 Å². The summed E-state index contributed by atoms with van der Waals surface area (Å²) in [7, 11) is -2.13. The lowest BCUT2D eigenvalue weighted by Gasteiger charge is -2.29. The zero-order chi connectivity index (χ0) is 21.6. The maximum atomic E-state index is 11.9. The van der Waals surface area contributed by atoms with Crippen molar-refractivity contribution in [3.05, 3.63) is 29.8 Å². The lowest BCUT2D eigenvalue weighted by Crippen LogP contribution is -2.54. The van der Waals surface area contributed by atoms with Gasteiger partial charge in [0.25, 0.3) is 0 Å². The molecule has 1 rings (SSSR count). The summed E-state index contributed by atoms with van der Waals surface area (Å²) >= 11 is 0. The number of hydrogen-bond acceptors (Lipinski definition) is 5. The SMILES string of the molecule is CN=C(NCc1cccc(S(N)(=O)=O)c1)NCC(C)(C)NC(=O)OC(C)(C)C. The Labute approximate surface area is 167 Å². The minimum Gasteiger partial charge on any atom is -0.444 e. The number of aliphatic imine (C=N–C) groups is 1. The van der Waals surface area contributed by atoms with Crippen molar-refractivity contribution in [3.8, 4) is 0 Å². The van der Waals surface area contributed by atoms with Crippen LogP contribution in [-0.2, 0) is 21.3 Å². The van der Waals surface area contributed by atoms with E-state index >= 15 is 0 Å². The number of guanidine groups is 1. The van der Waals surface area contributed by atoms with E-state index in [1.165, 1.54) is 12.1 Å². The van der Waals surface area contributed by atoms with Crippen molar-refractivity contribution < 1.29 is 17.9 Å². The van der Waals surface area contributed by atoms with E-state index in [-0.39, 0.29) is 4.90 Å². The molecule has 158 valence electrons. The number of alkyl carbamates (subject to hydrolysis) is 1. The molecule has 0 bridgehead atoms. The standard InChI is InChI=1S/C18H31N5O4S/c1-17(2,3)27-16(24)23-18(4,5)12-22-15(20-6)21-11-13-8-7-9-14(10-13)28(19,25)26/h7-10H,11-12H2,1-6H3,(H,23,24)(H2,19,25,26)(H2,20,21,22). The Kier molecular flexibility index (Phi) is 7.83. The van der Waals surface area contributed by atoms with Crippen molar-refractivity contribution in [2.75, 3.05) is 13.6 Å². The molecule has 0 saturated heterocycles. The highest BCUT2D eigenvalue weighted by molar-refractivity contribution is 7.89. The van der Waals surface area contributed by atoms with Gasteiger partial charge in [-0.15, -0.1) is 0 Å². The van der Waals surface area contributed by atoms with Crippen LogP contribution in [0.25, 0.3) is 0 Å². The van der Waals surface area contributed by atoms with Gasteiger partial charge in [0.1, 0.15) is 5.60 Å². The predicted octanol–water partition coefficient (Wildman–Crippen LogP) is 1.30. The molecule has 1 aromatic carbocycles. The van der Waals surface area contributed by atoms with Gasteiger partial charge in [-0.1, -0.05) is 12.1 Å². The monoisotopic (exact) mass is 413 g/mol. The molecule has 28 heavy (non-hydrogen) atoms. The Hall–Kier alpha value is -2.33. The van der Waals surface area contributed by atoms with Crippen LogP contribution in [0.2, 0.25) is 0 Å². The number of carbonyl (C=O) groups excluding carboxylic acids is 1. The van der Waals surface area contributed by atoms with Gasteiger partial charge in [-0.2, -0.15) is 0 Å². The minimum atomic E-state index is -3.75. The summed E-state index contributed by atoms with van der Waals surface area (Å²) in [6.45, 7) is 9.85. The third-order valence-electron chi connectivity index (χ3n) is 3.45. The smallest absolute Gasteiger partial charge is 0.408 e. The van der Waals surface area contributed by atoms with Gasteiger partial charge in [0.15, 0.2) is 5.96 Å². The molecule has 0 aromatic heterocycles. The summed E-state index contributed by atoms with van der Waals surface area (Å²) in [5.74, 6) is 0.500. The predicted molar refractivity (Wildman–Crippen MR) is 109 cm³/mol. The Bertz CT molecular complexity index is 814. The van der Waals surface area contributed by atoms with Crippen LogP contribution in [0.1, 0.15) is 40.2 Å². The number of ether oxygens (including phenoxy) is 1. The fourth-order valence-electron chi connectivity index (χ4n) is 2.17. The van der Waals surface area contributed by atoms with Crippen molar-refractivity contribution in [1.82, 2.24) is 16.0 Å². The summed E-state index contributed by atoms with van der Waals surface area (Å²) in [5.41, 5.74) is -0.426. The molecule has 1 aromatic rings. The van der Waals surface area contributed by atoms with Crippen molar-refractivity contribution in [2.24, 2.45) is 10.1 Å². The molecular weight excluding hydrogens is 382 g/mol. The van der Waals surface area contributed by atoms with Crippen LogP contribution in [0.4, 0.5) is 4.79 Å². The van der Waals surface area contributed by atoms with Gasteiger partial charge in [0.05, 0.1) is 10.4 Å². The fraction of sp³-hybridized carbons (Fsp3) is 0.556.